The SMILES string of the molecule is C/C=C/c1cc2cc(C(=O)CCC(=O)O)sc2cc1OC. The molecule has 0 aliphatic carbocycles. The number of carboxylic acid groups (broad SMARTS) is 1. The van der Waals surface area contributed by atoms with Crippen LogP contribution in [0.3, 0.4) is 0 Å². The van der Waals surface area contributed by atoms with Gasteiger partial charge in [0.25, 0.3) is 0 Å². The molecule has 1 aromatic heterocycles. The maximum absolute atomic E-state index is 12.0. The van der Waals surface area contributed by atoms with Crippen LogP contribution >= 0.6 is 11.3 Å². The Labute approximate surface area is 126 Å². The van der Waals surface area contributed by atoms with Crippen molar-refractivity contribution in [3.05, 3.63) is 34.7 Å². The lowest BCUT2D eigenvalue weighted by Gasteiger charge is -2.04. The molecule has 0 saturated carbocycles. The summed E-state index contributed by atoms with van der Waals surface area (Å²) in [5.41, 5.74) is 0.954. The number of fused-ring (bicyclic) bond motifs is 1. The first-order valence-electron chi connectivity index (χ1n) is 6.54. The molecule has 5 heteroatoms. The van der Waals surface area contributed by atoms with Gasteiger partial charge in [-0.25, -0.2) is 0 Å². The maximum Gasteiger partial charge on any atom is 0.303 e. The molecule has 0 unspecified atom stereocenters. The summed E-state index contributed by atoms with van der Waals surface area (Å²) < 4.78 is 6.30. The number of carboxylic acids is 1. The van der Waals surface area contributed by atoms with Gasteiger partial charge in [0.2, 0.25) is 0 Å². The van der Waals surface area contributed by atoms with Gasteiger partial charge >= 0.3 is 5.97 Å². The molecular formula is C16H16O4S. The second kappa shape index (κ2) is 6.54. The Balaban J connectivity index is 2.37. The highest BCUT2D eigenvalue weighted by Gasteiger charge is 2.13. The van der Waals surface area contributed by atoms with E-state index in [-0.39, 0.29) is 18.6 Å². The fourth-order valence-electron chi connectivity index (χ4n) is 2.05. The highest BCUT2D eigenvalue weighted by molar-refractivity contribution is 7.20. The summed E-state index contributed by atoms with van der Waals surface area (Å²) in [5, 5.41) is 9.61. The van der Waals surface area contributed by atoms with E-state index in [1.165, 1.54) is 11.3 Å². The molecule has 21 heavy (non-hydrogen) atoms. The Morgan fingerprint density at radius 2 is 2.05 bits per heavy atom. The minimum atomic E-state index is -0.957. The van der Waals surface area contributed by atoms with E-state index in [9.17, 15) is 9.59 Å². The van der Waals surface area contributed by atoms with E-state index in [1.807, 2.05) is 37.3 Å². The zero-order chi connectivity index (χ0) is 15.4. The number of thiophene rings is 1. The zero-order valence-corrected chi connectivity index (χ0v) is 12.7. The number of Topliss-reactive ketones (excluding diaryl/α,β-unsaturated/α-hetero) is 1. The molecule has 0 atom stereocenters. The average Bonchev–Trinajstić information content (AvgIpc) is 2.87. The molecule has 0 saturated heterocycles. The van der Waals surface area contributed by atoms with Gasteiger partial charge in [0.15, 0.2) is 5.78 Å². The molecule has 1 heterocycles. The molecule has 0 aliphatic heterocycles. The van der Waals surface area contributed by atoms with Gasteiger partial charge in [0.05, 0.1) is 18.4 Å². The van der Waals surface area contributed by atoms with Crippen molar-refractivity contribution in [1.82, 2.24) is 0 Å². The predicted octanol–water partition coefficient (Wildman–Crippen LogP) is 3.99. The highest BCUT2D eigenvalue weighted by atomic mass is 32.1. The number of methoxy groups -OCH3 is 1. The molecular weight excluding hydrogens is 288 g/mol. The smallest absolute Gasteiger partial charge is 0.303 e. The number of carbonyl (C=O) groups excluding carboxylic acids is 1. The summed E-state index contributed by atoms with van der Waals surface area (Å²) >= 11 is 1.37. The highest BCUT2D eigenvalue weighted by Crippen LogP contribution is 2.33. The van der Waals surface area contributed by atoms with Crippen LogP contribution in [0.15, 0.2) is 24.3 Å². The normalized spacial score (nSPS) is 11.1. The number of hydrogen-bond donors (Lipinski definition) is 1. The first-order chi connectivity index (χ1) is 10.0. The number of benzene rings is 1. The Morgan fingerprint density at radius 3 is 2.67 bits per heavy atom. The summed E-state index contributed by atoms with van der Waals surface area (Å²) in [4.78, 5) is 23.1. The third-order valence-electron chi connectivity index (χ3n) is 3.06. The molecule has 0 fully saturated rings. The van der Waals surface area contributed by atoms with Crippen molar-refractivity contribution in [2.45, 2.75) is 19.8 Å². The summed E-state index contributed by atoms with van der Waals surface area (Å²) in [5.74, 6) is -0.335. The lowest BCUT2D eigenvalue weighted by Crippen LogP contribution is -2.01. The zero-order valence-electron chi connectivity index (χ0n) is 11.9. The Kier molecular flexibility index (Phi) is 4.75. The molecule has 4 nitrogen and oxygen atoms in total. The molecule has 0 bridgehead atoms. The van der Waals surface area contributed by atoms with E-state index in [4.69, 9.17) is 9.84 Å². The van der Waals surface area contributed by atoms with Gasteiger partial charge in [-0.2, -0.15) is 0 Å². The third-order valence-corrected chi connectivity index (χ3v) is 4.19. The molecule has 0 aliphatic rings. The van der Waals surface area contributed by atoms with Crippen LogP contribution in [-0.2, 0) is 4.79 Å². The summed E-state index contributed by atoms with van der Waals surface area (Å²) in [6, 6.07) is 5.69. The van der Waals surface area contributed by atoms with Crippen LogP contribution in [0.2, 0.25) is 0 Å². The molecule has 2 rings (SSSR count). The number of hydrogen-bond acceptors (Lipinski definition) is 4. The van der Waals surface area contributed by atoms with Crippen LogP contribution in [0, 0.1) is 0 Å². The third kappa shape index (κ3) is 3.49. The van der Waals surface area contributed by atoms with Crippen molar-refractivity contribution >= 4 is 39.3 Å². The van der Waals surface area contributed by atoms with Gasteiger partial charge < -0.3 is 9.84 Å². The van der Waals surface area contributed by atoms with E-state index in [2.05, 4.69) is 0 Å². The van der Waals surface area contributed by atoms with Crippen molar-refractivity contribution in [1.29, 1.82) is 0 Å². The standard InChI is InChI=1S/C16H16O4S/c1-3-4-10-7-11-8-15(12(17)5-6-16(18)19)21-14(11)9-13(10)20-2/h3-4,7-9H,5-6H2,1-2H3,(H,18,19)/b4-3+. The van der Waals surface area contributed by atoms with Crippen LogP contribution < -0.4 is 4.74 Å². The van der Waals surface area contributed by atoms with Gasteiger partial charge in [-0.05, 0) is 30.5 Å². The van der Waals surface area contributed by atoms with E-state index in [0.29, 0.717) is 4.88 Å². The first-order valence-corrected chi connectivity index (χ1v) is 7.36. The Bertz CT molecular complexity index is 712. The predicted molar refractivity (Wildman–Crippen MR) is 84.3 cm³/mol. The summed E-state index contributed by atoms with van der Waals surface area (Å²) in [6.07, 6.45) is 3.76. The molecule has 1 N–H and O–H groups in total. The van der Waals surface area contributed by atoms with Gasteiger partial charge in [-0.15, -0.1) is 11.3 Å². The largest absolute Gasteiger partial charge is 0.496 e. The van der Waals surface area contributed by atoms with Crippen molar-refractivity contribution in [2.75, 3.05) is 7.11 Å². The minimum Gasteiger partial charge on any atom is -0.496 e. The molecule has 1 aromatic carbocycles. The van der Waals surface area contributed by atoms with Crippen LogP contribution in [-0.4, -0.2) is 24.0 Å². The average molecular weight is 304 g/mol. The topological polar surface area (TPSA) is 63.6 Å². The number of allylic oxidation sites excluding steroid dienone is 1. The molecule has 0 radical (unpaired) electrons. The van der Waals surface area contributed by atoms with E-state index >= 15 is 0 Å². The van der Waals surface area contributed by atoms with Crippen molar-refractivity contribution in [2.24, 2.45) is 0 Å². The number of ether oxygens (including phenoxy) is 1. The van der Waals surface area contributed by atoms with Gasteiger partial charge in [-0.1, -0.05) is 12.2 Å². The number of rotatable bonds is 6. The summed E-state index contributed by atoms with van der Waals surface area (Å²) in [7, 11) is 1.61. The van der Waals surface area contributed by atoms with Crippen molar-refractivity contribution in [3.8, 4) is 5.75 Å². The fourth-order valence-corrected chi connectivity index (χ4v) is 3.09. The summed E-state index contributed by atoms with van der Waals surface area (Å²) in [6.45, 7) is 1.93. The van der Waals surface area contributed by atoms with Gasteiger partial charge in [0, 0.05) is 16.7 Å². The first kappa shape index (κ1) is 15.3. The van der Waals surface area contributed by atoms with Crippen LogP contribution in [0.5, 0.6) is 5.75 Å². The van der Waals surface area contributed by atoms with E-state index in [0.717, 1.165) is 21.4 Å². The molecule has 2 aromatic rings. The number of aliphatic carboxylic acids is 1. The van der Waals surface area contributed by atoms with Gasteiger partial charge in [-0.3, -0.25) is 9.59 Å². The molecule has 110 valence electrons. The quantitative estimate of drug-likeness (QED) is 0.820. The van der Waals surface area contributed by atoms with Crippen LogP contribution in [0.1, 0.15) is 35.0 Å². The van der Waals surface area contributed by atoms with Crippen molar-refractivity contribution < 1.29 is 19.4 Å². The van der Waals surface area contributed by atoms with Crippen LogP contribution in [0.25, 0.3) is 16.2 Å². The lowest BCUT2D eigenvalue weighted by molar-refractivity contribution is -0.136. The second-order valence-corrected chi connectivity index (χ2v) is 5.64. The van der Waals surface area contributed by atoms with E-state index < -0.39 is 5.97 Å². The Hall–Kier alpha value is -2.14. The molecule has 0 amide bonds. The number of carbonyl (C=O) groups is 2. The minimum absolute atomic E-state index is 0.0288. The van der Waals surface area contributed by atoms with E-state index in [1.54, 1.807) is 7.11 Å². The van der Waals surface area contributed by atoms with Gasteiger partial charge in [0.1, 0.15) is 5.75 Å². The monoisotopic (exact) mass is 304 g/mol. The van der Waals surface area contributed by atoms with Crippen molar-refractivity contribution in [3.63, 3.8) is 0 Å². The molecule has 0 spiro atoms. The fraction of sp³-hybridized carbons (Fsp3) is 0.250. The van der Waals surface area contributed by atoms with Crippen LogP contribution in [0.4, 0.5) is 0 Å². The number of ketones is 1. The second-order valence-electron chi connectivity index (χ2n) is 4.56. The Morgan fingerprint density at radius 1 is 1.29 bits per heavy atom. The maximum atomic E-state index is 12.0. The lowest BCUT2D eigenvalue weighted by atomic mass is 10.1.